The Morgan fingerprint density at radius 1 is 0.740 bits per heavy atom. The third-order valence-electron chi connectivity index (χ3n) is 11.7. The van der Waals surface area contributed by atoms with Crippen LogP contribution in [0.15, 0.2) is 121 Å². The quantitative estimate of drug-likeness (QED) is 0.0413. The molecule has 8 N–H and O–H groups in total. The minimum absolute atomic E-state index is 0.00438. The second-order valence-corrected chi connectivity index (χ2v) is 18.5. The van der Waals surface area contributed by atoms with Crippen molar-refractivity contribution in [1.29, 1.82) is 0 Å². The van der Waals surface area contributed by atoms with Gasteiger partial charge in [-0.05, 0) is 59.2 Å². The number of aliphatic hydroxyl groups excluding tert-OH is 1. The summed E-state index contributed by atoms with van der Waals surface area (Å²) in [6.07, 6.45) is -0.0181. The zero-order chi connectivity index (χ0) is 53.1. The normalized spacial score (nSPS) is 12.9. The molecule has 73 heavy (non-hydrogen) atoms. The topological polar surface area (TPSA) is 254 Å². The van der Waals surface area contributed by atoms with Crippen LogP contribution in [0.1, 0.15) is 81.3 Å². The van der Waals surface area contributed by atoms with Gasteiger partial charge in [0.1, 0.15) is 43.5 Å². The molecule has 4 aromatic carbocycles. The molecule has 17 nitrogen and oxygen atoms in total. The molecule has 5 amide bonds. The Morgan fingerprint density at radius 3 is 1.93 bits per heavy atom. The maximum absolute atomic E-state index is 15.3. The molecule has 5 rings (SSSR count). The Morgan fingerprint density at radius 2 is 1.34 bits per heavy atom. The maximum atomic E-state index is 15.3. The molecule has 0 bridgehead atoms. The fourth-order valence-corrected chi connectivity index (χ4v) is 8.07. The molecule has 5 aromatic rings. The van der Waals surface area contributed by atoms with E-state index in [1.54, 1.807) is 71.4 Å². The van der Waals surface area contributed by atoms with Crippen LogP contribution in [-0.2, 0) is 62.8 Å². The molecule has 1 heterocycles. The number of benzene rings is 4. The minimum atomic E-state index is -1.46. The minimum Gasteiger partial charge on any atom is -0.461 e. The third-order valence-corrected chi connectivity index (χ3v) is 11.7. The van der Waals surface area contributed by atoms with Crippen LogP contribution in [0.5, 0.6) is 0 Å². The highest BCUT2D eigenvalue weighted by atomic mass is 19.1. The van der Waals surface area contributed by atoms with Crippen LogP contribution in [0.3, 0.4) is 0 Å². The average Bonchev–Trinajstić information content (AvgIpc) is 3.77. The predicted octanol–water partition coefficient (Wildman–Crippen LogP) is 4.73. The SMILES string of the molecule is CC(C)(C)[C@H](c1cc(-c2cc(F)ccc2F)cn1Cc1ccccc1)N(CC[C@H](NC(=O)[C@@H](N)CC(N)=O)C(=O)NCCC(=O)N[C@H](CCC(=O)OCc1ccccc1)C(=O)OCc1ccccc1)C(=O)CO. The largest absolute Gasteiger partial charge is 0.461 e. The Balaban J connectivity index is 1.35. The number of carbonyl (C=O) groups excluding carboxylic acids is 7. The first-order valence-electron chi connectivity index (χ1n) is 23.7. The van der Waals surface area contributed by atoms with Gasteiger partial charge in [0, 0.05) is 55.5 Å². The summed E-state index contributed by atoms with van der Waals surface area (Å²) in [4.78, 5) is 93.7. The number of aromatic nitrogens is 1. The molecular weight excluding hydrogens is 945 g/mol. The van der Waals surface area contributed by atoms with Gasteiger partial charge in [0.2, 0.25) is 29.5 Å². The summed E-state index contributed by atoms with van der Waals surface area (Å²) in [5.41, 5.74) is 13.5. The molecular formula is C54H63F2N7O10. The fourth-order valence-electron chi connectivity index (χ4n) is 8.07. The monoisotopic (exact) mass is 1010 g/mol. The Bertz CT molecular complexity index is 2660. The van der Waals surface area contributed by atoms with E-state index in [1.807, 2.05) is 57.2 Å². The molecule has 0 saturated carbocycles. The van der Waals surface area contributed by atoms with Crippen molar-refractivity contribution in [2.75, 3.05) is 19.7 Å². The molecule has 0 spiro atoms. The number of nitrogens with zero attached hydrogens (tertiary/aromatic N) is 2. The van der Waals surface area contributed by atoms with Crippen LogP contribution in [0.4, 0.5) is 8.78 Å². The second kappa shape index (κ2) is 27.2. The van der Waals surface area contributed by atoms with Crippen molar-refractivity contribution in [3.63, 3.8) is 0 Å². The summed E-state index contributed by atoms with van der Waals surface area (Å²) < 4.78 is 42.5. The first-order valence-corrected chi connectivity index (χ1v) is 23.7. The zero-order valence-electron chi connectivity index (χ0n) is 41.1. The molecule has 4 atom stereocenters. The van der Waals surface area contributed by atoms with Crippen molar-refractivity contribution in [1.82, 2.24) is 25.4 Å². The molecule has 0 aliphatic heterocycles. The van der Waals surface area contributed by atoms with Gasteiger partial charge in [-0.1, -0.05) is 112 Å². The van der Waals surface area contributed by atoms with Crippen molar-refractivity contribution < 1.29 is 56.9 Å². The van der Waals surface area contributed by atoms with Gasteiger partial charge in [-0.15, -0.1) is 0 Å². The van der Waals surface area contributed by atoms with Crippen molar-refractivity contribution >= 4 is 41.5 Å². The molecule has 0 radical (unpaired) electrons. The van der Waals surface area contributed by atoms with E-state index in [1.165, 1.54) is 4.90 Å². The van der Waals surface area contributed by atoms with Crippen LogP contribution < -0.4 is 27.4 Å². The smallest absolute Gasteiger partial charge is 0.328 e. The average molecular weight is 1010 g/mol. The number of primary amides is 1. The first-order chi connectivity index (χ1) is 34.8. The number of hydrogen-bond donors (Lipinski definition) is 6. The van der Waals surface area contributed by atoms with Crippen molar-refractivity contribution in [2.24, 2.45) is 16.9 Å². The summed E-state index contributed by atoms with van der Waals surface area (Å²) >= 11 is 0. The van der Waals surface area contributed by atoms with E-state index in [4.69, 9.17) is 20.9 Å². The molecule has 1 aromatic heterocycles. The molecule has 0 fully saturated rings. The summed E-state index contributed by atoms with van der Waals surface area (Å²) in [5, 5.41) is 18.1. The standard InChI is InChI=1S/C54H63F2N7O10/c1-54(2,3)50(45-27-38(40-28-39(55)19-20-41(40)56)31-62(45)30-35-13-7-4-8-14-35)63(48(67)32-64)26-24-43(61-51(69)42(57)29-46(58)65)52(70)59-25-23-47(66)60-44(53(71)73-34-37-17-11-6-12-18-37)21-22-49(68)72-33-36-15-9-5-10-16-36/h4-20,27-28,31,42-44,50,64H,21-26,29-30,32-34,57H2,1-3H3,(H2,58,65)(H,59,70)(H,60,66)(H,61,69)/t42-,43-,44+,50-/m0/s1. The van der Waals surface area contributed by atoms with Gasteiger partial charge in [0.05, 0.1) is 18.5 Å². The van der Waals surface area contributed by atoms with E-state index < -0.39 is 95.7 Å². The number of carbonyl (C=O) groups is 7. The number of nitrogens with two attached hydrogens (primary N) is 2. The van der Waals surface area contributed by atoms with Crippen molar-refractivity contribution in [2.45, 2.75) is 96.8 Å². The molecule has 19 heteroatoms. The van der Waals surface area contributed by atoms with Crippen LogP contribution in [0.2, 0.25) is 0 Å². The van der Waals surface area contributed by atoms with Gasteiger partial charge < -0.3 is 51.5 Å². The zero-order valence-corrected chi connectivity index (χ0v) is 41.1. The van der Waals surface area contributed by atoms with Gasteiger partial charge in [0.25, 0.3) is 0 Å². The number of rotatable bonds is 26. The number of esters is 2. The molecule has 0 saturated heterocycles. The second-order valence-electron chi connectivity index (χ2n) is 18.5. The number of aliphatic hydroxyl groups is 1. The predicted molar refractivity (Wildman–Crippen MR) is 266 cm³/mol. The summed E-state index contributed by atoms with van der Waals surface area (Å²) in [5.74, 6) is -6.89. The number of nitrogens with one attached hydrogen (secondary N) is 3. The van der Waals surface area contributed by atoms with E-state index >= 15 is 4.39 Å². The van der Waals surface area contributed by atoms with E-state index in [9.17, 15) is 43.1 Å². The summed E-state index contributed by atoms with van der Waals surface area (Å²) in [7, 11) is 0. The van der Waals surface area contributed by atoms with Crippen LogP contribution in [0, 0.1) is 17.0 Å². The van der Waals surface area contributed by atoms with Gasteiger partial charge in [-0.2, -0.15) is 0 Å². The molecule has 0 aliphatic carbocycles. The summed E-state index contributed by atoms with van der Waals surface area (Å²) in [6.45, 7) is 4.07. The Hall–Kier alpha value is -7.77. The lowest BCUT2D eigenvalue weighted by atomic mass is 9.82. The lowest BCUT2D eigenvalue weighted by Gasteiger charge is -2.41. The Labute approximate surface area is 422 Å². The van der Waals surface area contributed by atoms with E-state index in [-0.39, 0.29) is 64.1 Å². The summed E-state index contributed by atoms with van der Waals surface area (Å²) in [6, 6.07) is 26.7. The van der Waals surface area contributed by atoms with E-state index in [0.717, 1.165) is 29.3 Å². The van der Waals surface area contributed by atoms with Crippen molar-refractivity contribution in [3.05, 3.63) is 155 Å². The maximum Gasteiger partial charge on any atom is 0.328 e. The van der Waals surface area contributed by atoms with Gasteiger partial charge in [-0.3, -0.25) is 28.8 Å². The van der Waals surface area contributed by atoms with Crippen LogP contribution in [-0.4, -0.2) is 93.9 Å². The molecule has 388 valence electrons. The van der Waals surface area contributed by atoms with E-state index in [0.29, 0.717) is 16.8 Å². The number of hydrogen-bond acceptors (Lipinski definition) is 11. The van der Waals surface area contributed by atoms with Crippen LogP contribution >= 0.6 is 0 Å². The fraction of sp³-hybridized carbons (Fsp3) is 0.352. The highest BCUT2D eigenvalue weighted by Gasteiger charge is 2.38. The van der Waals surface area contributed by atoms with Gasteiger partial charge in [-0.25, -0.2) is 13.6 Å². The van der Waals surface area contributed by atoms with Gasteiger partial charge >= 0.3 is 11.9 Å². The first kappa shape index (κ1) is 56.1. The lowest BCUT2D eigenvalue weighted by Crippen LogP contribution is -2.54. The van der Waals surface area contributed by atoms with E-state index in [2.05, 4.69) is 16.0 Å². The third kappa shape index (κ3) is 17.5. The van der Waals surface area contributed by atoms with Crippen LogP contribution in [0.25, 0.3) is 11.1 Å². The highest BCUT2D eigenvalue weighted by molar-refractivity contribution is 5.92. The lowest BCUT2D eigenvalue weighted by molar-refractivity contribution is -0.150. The molecule has 0 aliphatic rings. The van der Waals surface area contributed by atoms with Crippen molar-refractivity contribution in [3.8, 4) is 11.1 Å². The Kier molecular flexibility index (Phi) is 20.9. The number of halogens is 2. The molecule has 0 unspecified atom stereocenters. The number of amides is 5. The number of ether oxygens (including phenoxy) is 2. The highest BCUT2D eigenvalue weighted by Crippen LogP contribution is 2.41. The van der Waals surface area contributed by atoms with Gasteiger partial charge in [0.15, 0.2) is 0 Å².